The maximum Gasteiger partial charge on any atom is 0.407 e. The van der Waals surface area contributed by atoms with Crippen molar-refractivity contribution in [3.05, 3.63) is 93.4 Å². The van der Waals surface area contributed by atoms with E-state index < -0.39 is 6.09 Å². The number of ether oxygens (including phenoxy) is 1. The molecule has 3 aromatic rings. The fourth-order valence-electron chi connectivity index (χ4n) is 3.61. The molecule has 1 aromatic heterocycles. The number of nitrogens with one attached hydrogen (secondary N) is 2. The standard InChI is InChI=1S/C24H20N2O3/c1-16-13-23(27)26-14-17(16)7-6-12-25-24(28)29-15-22-20-10-4-2-8-18(20)19-9-3-5-11-21(19)22/h2-5,8-11,13-14,22H,12,15H2,1H3,(H,25,28)(H,26,27). The molecule has 29 heavy (non-hydrogen) atoms. The number of carbonyl (C=O) groups is 1. The second kappa shape index (κ2) is 8.07. The molecule has 0 aliphatic heterocycles. The van der Waals surface area contributed by atoms with Gasteiger partial charge in [0.05, 0.1) is 6.54 Å². The third-order valence-electron chi connectivity index (χ3n) is 5.02. The summed E-state index contributed by atoms with van der Waals surface area (Å²) in [4.78, 5) is 25.9. The Balaban J connectivity index is 1.36. The van der Waals surface area contributed by atoms with E-state index in [0.717, 1.165) is 11.1 Å². The molecule has 2 aromatic carbocycles. The quantitative estimate of drug-likeness (QED) is 0.678. The minimum Gasteiger partial charge on any atom is -0.449 e. The summed E-state index contributed by atoms with van der Waals surface area (Å²) in [6.45, 7) is 2.25. The molecule has 0 unspecified atom stereocenters. The van der Waals surface area contributed by atoms with E-state index in [4.69, 9.17) is 4.74 Å². The van der Waals surface area contributed by atoms with Crippen molar-refractivity contribution in [2.45, 2.75) is 12.8 Å². The summed E-state index contributed by atoms with van der Waals surface area (Å²) in [5.41, 5.74) is 6.09. The third-order valence-corrected chi connectivity index (χ3v) is 5.02. The number of aromatic nitrogens is 1. The van der Waals surface area contributed by atoms with Gasteiger partial charge in [0.15, 0.2) is 0 Å². The maximum absolute atomic E-state index is 12.1. The predicted molar refractivity (Wildman–Crippen MR) is 112 cm³/mol. The zero-order chi connectivity index (χ0) is 20.2. The summed E-state index contributed by atoms with van der Waals surface area (Å²) in [6.07, 6.45) is 1.07. The number of carbonyl (C=O) groups excluding carboxylic acids is 1. The van der Waals surface area contributed by atoms with E-state index >= 15 is 0 Å². The zero-order valence-electron chi connectivity index (χ0n) is 16.0. The Morgan fingerprint density at radius 1 is 1.10 bits per heavy atom. The average molecular weight is 384 g/mol. The van der Waals surface area contributed by atoms with Gasteiger partial charge in [-0.05, 0) is 34.7 Å². The molecule has 144 valence electrons. The molecule has 4 rings (SSSR count). The van der Waals surface area contributed by atoms with Crippen molar-refractivity contribution in [3.63, 3.8) is 0 Å². The number of amides is 1. The van der Waals surface area contributed by atoms with Crippen LogP contribution in [0.3, 0.4) is 0 Å². The van der Waals surface area contributed by atoms with Crippen LogP contribution in [-0.4, -0.2) is 24.2 Å². The molecule has 0 saturated heterocycles. The van der Waals surface area contributed by atoms with Gasteiger partial charge in [-0.2, -0.15) is 0 Å². The van der Waals surface area contributed by atoms with Gasteiger partial charge in [-0.15, -0.1) is 0 Å². The van der Waals surface area contributed by atoms with Crippen LogP contribution in [0, 0.1) is 18.8 Å². The Morgan fingerprint density at radius 2 is 1.76 bits per heavy atom. The van der Waals surface area contributed by atoms with Crippen LogP contribution in [0.1, 0.15) is 28.2 Å². The van der Waals surface area contributed by atoms with Crippen molar-refractivity contribution in [1.82, 2.24) is 10.3 Å². The average Bonchev–Trinajstić information content (AvgIpc) is 3.05. The van der Waals surface area contributed by atoms with Crippen LogP contribution in [0.15, 0.2) is 65.6 Å². The first kappa shape index (κ1) is 18.6. The van der Waals surface area contributed by atoms with Crippen molar-refractivity contribution in [2.75, 3.05) is 13.2 Å². The zero-order valence-corrected chi connectivity index (χ0v) is 16.0. The molecule has 0 fully saturated rings. The second-order valence-electron chi connectivity index (χ2n) is 6.87. The number of alkyl carbamates (subject to hydrolysis) is 1. The molecule has 0 bridgehead atoms. The topological polar surface area (TPSA) is 71.2 Å². The Bertz CT molecular complexity index is 1140. The third kappa shape index (κ3) is 3.92. The highest BCUT2D eigenvalue weighted by molar-refractivity contribution is 5.79. The molecular formula is C24H20N2O3. The minimum atomic E-state index is -0.501. The van der Waals surface area contributed by atoms with Crippen LogP contribution in [0.4, 0.5) is 4.79 Å². The summed E-state index contributed by atoms with van der Waals surface area (Å²) in [5.74, 6) is 5.83. The largest absolute Gasteiger partial charge is 0.449 e. The van der Waals surface area contributed by atoms with Gasteiger partial charge in [0.1, 0.15) is 6.61 Å². The predicted octanol–water partition coefficient (Wildman–Crippen LogP) is 3.57. The van der Waals surface area contributed by atoms with E-state index in [0.29, 0.717) is 0 Å². The van der Waals surface area contributed by atoms with Gasteiger partial charge in [-0.1, -0.05) is 60.4 Å². The number of aryl methyl sites for hydroxylation is 1. The molecule has 1 heterocycles. The summed E-state index contributed by atoms with van der Waals surface area (Å²) in [6, 6.07) is 17.9. The molecule has 5 heteroatoms. The molecule has 0 spiro atoms. The van der Waals surface area contributed by atoms with E-state index in [9.17, 15) is 9.59 Å². The Kier molecular flexibility index (Phi) is 5.17. The fourth-order valence-corrected chi connectivity index (χ4v) is 3.61. The van der Waals surface area contributed by atoms with E-state index in [1.165, 1.54) is 28.3 Å². The van der Waals surface area contributed by atoms with Gasteiger partial charge in [0.25, 0.3) is 0 Å². The van der Waals surface area contributed by atoms with Crippen LogP contribution in [-0.2, 0) is 4.74 Å². The summed E-state index contributed by atoms with van der Waals surface area (Å²) in [5, 5.41) is 2.65. The first-order valence-corrected chi connectivity index (χ1v) is 9.40. The molecule has 0 atom stereocenters. The smallest absolute Gasteiger partial charge is 0.407 e. The lowest BCUT2D eigenvalue weighted by Crippen LogP contribution is -2.26. The van der Waals surface area contributed by atoms with Crippen LogP contribution in [0.2, 0.25) is 0 Å². The number of rotatable bonds is 3. The van der Waals surface area contributed by atoms with Gasteiger partial charge in [0, 0.05) is 23.7 Å². The minimum absolute atomic E-state index is 0.0306. The SMILES string of the molecule is Cc1cc(=O)[nH]cc1C#CCNC(=O)OCC1c2ccccc2-c2ccccc21. The fraction of sp³-hybridized carbons (Fsp3) is 0.167. The number of aromatic amines is 1. The van der Waals surface area contributed by atoms with Gasteiger partial charge in [0.2, 0.25) is 5.56 Å². The molecule has 1 aliphatic carbocycles. The Labute approximate surface area is 168 Å². The lowest BCUT2D eigenvalue weighted by Gasteiger charge is -2.14. The van der Waals surface area contributed by atoms with Crippen molar-refractivity contribution >= 4 is 6.09 Å². The second-order valence-corrected chi connectivity index (χ2v) is 6.87. The number of hydrogen-bond acceptors (Lipinski definition) is 3. The molecule has 2 N–H and O–H groups in total. The number of pyridine rings is 1. The highest BCUT2D eigenvalue weighted by atomic mass is 16.5. The first-order chi connectivity index (χ1) is 14.1. The highest BCUT2D eigenvalue weighted by Crippen LogP contribution is 2.44. The number of hydrogen-bond donors (Lipinski definition) is 2. The van der Waals surface area contributed by atoms with Gasteiger partial charge in [-0.3, -0.25) is 4.79 Å². The molecule has 1 amide bonds. The van der Waals surface area contributed by atoms with Crippen LogP contribution < -0.4 is 10.9 Å². The maximum atomic E-state index is 12.1. The lowest BCUT2D eigenvalue weighted by molar-refractivity contribution is 0.144. The van der Waals surface area contributed by atoms with Crippen LogP contribution in [0.5, 0.6) is 0 Å². The highest BCUT2D eigenvalue weighted by Gasteiger charge is 2.28. The molecular weight excluding hydrogens is 364 g/mol. The Morgan fingerprint density at radius 3 is 2.41 bits per heavy atom. The summed E-state index contributed by atoms with van der Waals surface area (Å²) < 4.78 is 5.47. The number of fused-ring (bicyclic) bond motifs is 3. The van der Waals surface area contributed by atoms with E-state index in [1.54, 1.807) is 6.20 Å². The summed E-state index contributed by atoms with van der Waals surface area (Å²) >= 11 is 0. The van der Waals surface area contributed by atoms with Crippen molar-refractivity contribution in [1.29, 1.82) is 0 Å². The van der Waals surface area contributed by atoms with Crippen molar-refractivity contribution < 1.29 is 9.53 Å². The van der Waals surface area contributed by atoms with Gasteiger partial charge in [-0.25, -0.2) is 4.79 Å². The number of H-pyrrole nitrogens is 1. The molecule has 5 nitrogen and oxygen atoms in total. The van der Waals surface area contributed by atoms with Crippen molar-refractivity contribution in [2.24, 2.45) is 0 Å². The van der Waals surface area contributed by atoms with E-state index in [-0.39, 0.29) is 24.6 Å². The first-order valence-electron chi connectivity index (χ1n) is 9.40. The molecule has 0 saturated carbocycles. The van der Waals surface area contributed by atoms with E-state index in [2.05, 4.69) is 46.4 Å². The monoisotopic (exact) mass is 384 g/mol. The van der Waals surface area contributed by atoms with Gasteiger partial charge >= 0.3 is 6.09 Å². The van der Waals surface area contributed by atoms with E-state index in [1.807, 2.05) is 31.2 Å². The normalized spacial score (nSPS) is 11.8. The Hall–Kier alpha value is -3.78. The van der Waals surface area contributed by atoms with Crippen LogP contribution in [0.25, 0.3) is 11.1 Å². The number of benzene rings is 2. The molecule has 0 radical (unpaired) electrons. The van der Waals surface area contributed by atoms with Gasteiger partial charge < -0.3 is 15.0 Å². The lowest BCUT2D eigenvalue weighted by atomic mass is 9.98. The summed E-state index contributed by atoms with van der Waals surface area (Å²) in [7, 11) is 0. The van der Waals surface area contributed by atoms with Crippen LogP contribution >= 0.6 is 0 Å². The van der Waals surface area contributed by atoms with Crippen molar-refractivity contribution in [3.8, 4) is 23.0 Å². The molecule has 1 aliphatic rings.